The third-order valence-corrected chi connectivity index (χ3v) is 7.16. The smallest absolute Gasteiger partial charge is 0.408 e. The van der Waals surface area contributed by atoms with Crippen LogP contribution in [0.15, 0.2) is 48.5 Å². The number of carbonyl (C=O) groups is 3. The molecule has 0 saturated carbocycles. The number of rotatable bonds is 5. The number of ether oxygens (including phenoxy) is 2. The fourth-order valence-corrected chi connectivity index (χ4v) is 5.42. The fourth-order valence-electron chi connectivity index (χ4n) is 5.42. The van der Waals surface area contributed by atoms with Crippen molar-refractivity contribution in [3.05, 3.63) is 59.7 Å². The molecule has 5 rings (SSSR count). The van der Waals surface area contributed by atoms with Crippen LogP contribution in [-0.4, -0.2) is 65.9 Å². The van der Waals surface area contributed by atoms with Crippen LogP contribution < -0.4 is 5.32 Å². The lowest BCUT2D eigenvalue weighted by molar-refractivity contribution is -0.155. The van der Waals surface area contributed by atoms with Crippen LogP contribution in [0.1, 0.15) is 42.7 Å². The molecule has 2 fully saturated rings. The van der Waals surface area contributed by atoms with Gasteiger partial charge in [-0.05, 0) is 41.5 Å². The van der Waals surface area contributed by atoms with E-state index >= 15 is 0 Å². The van der Waals surface area contributed by atoms with Crippen LogP contribution in [0.25, 0.3) is 11.1 Å². The van der Waals surface area contributed by atoms with Crippen LogP contribution in [0.3, 0.4) is 0 Å². The van der Waals surface area contributed by atoms with Crippen LogP contribution in [0.5, 0.6) is 0 Å². The maximum absolute atomic E-state index is 13.5. The summed E-state index contributed by atoms with van der Waals surface area (Å²) in [5, 5.41) is 12.3. The number of alkyl carbamates (subject to hydrolysis) is 1. The van der Waals surface area contributed by atoms with Crippen molar-refractivity contribution in [2.24, 2.45) is 0 Å². The van der Waals surface area contributed by atoms with Crippen molar-refractivity contribution >= 4 is 18.0 Å². The number of nitrogens with zero attached hydrogens (tertiary/aromatic N) is 1. The van der Waals surface area contributed by atoms with Gasteiger partial charge < -0.3 is 24.8 Å². The molecule has 2 atom stereocenters. The highest BCUT2D eigenvalue weighted by atomic mass is 16.6. The maximum atomic E-state index is 13.5. The lowest BCUT2D eigenvalue weighted by atomic mass is 9.93. The Morgan fingerprint density at radius 3 is 2.35 bits per heavy atom. The minimum Gasteiger partial charge on any atom is -0.480 e. The Bertz CT molecular complexity index is 1060. The van der Waals surface area contributed by atoms with Crippen molar-refractivity contribution in [1.82, 2.24) is 10.2 Å². The van der Waals surface area contributed by atoms with Gasteiger partial charge in [0.1, 0.15) is 18.2 Å². The first kappa shape index (κ1) is 22.4. The van der Waals surface area contributed by atoms with Gasteiger partial charge in [0.05, 0.1) is 6.61 Å². The number of nitrogens with one attached hydrogen (secondary N) is 1. The quantitative estimate of drug-likeness (QED) is 0.704. The normalized spacial score (nSPS) is 23.8. The van der Waals surface area contributed by atoms with Crippen molar-refractivity contribution < 1.29 is 29.0 Å². The van der Waals surface area contributed by atoms with Crippen LogP contribution in [-0.2, 0) is 19.1 Å². The molecular weight excluding hydrogens is 436 g/mol. The van der Waals surface area contributed by atoms with Gasteiger partial charge in [0.2, 0.25) is 0 Å². The number of amides is 2. The van der Waals surface area contributed by atoms with Gasteiger partial charge in [-0.2, -0.15) is 0 Å². The fraction of sp³-hybridized carbons (Fsp3) is 0.423. The first-order chi connectivity index (χ1) is 16.5. The average molecular weight is 465 g/mol. The van der Waals surface area contributed by atoms with Crippen molar-refractivity contribution in [2.75, 3.05) is 26.4 Å². The minimum atomic E-state index is -1.31. The highest BCUT2D eigenvalue weighted by Crippen LogP contribution is 2.44. The zero-order chi connectivity index (χ0) is 23.7. The van der Waals surface area contributed by atoms with Gasteiger partial charge in [0.25, 0.3) is 5.91 Å². The Kier molecular flexibility index (Phi) is 6.00. The Hall–Kier alpha value is -3.39. The summed E-state index contributed by atoms with van der Waals surface area (Å²) in [6, 6.07) is 15.3. The molecule has 2 aliphatic heterocycles. The third kappa shape index (κ3) is 3.92. The highest BCUT2D eigenvalue weighted by molar-refractivity contribution is 5.93. The number of carboxylic acids is 1. The van der Waals surface area contributed by atoms with E-state index in [2.05, 4.69) is 17.4 Å². The van der Waals surface area contributed by atoms with Crippen LogP contribution >= 0.6 is 0 Å². The number of hydrogen-bond donors (Lipinski definition) is 2. The van der Waals surface area contributed by atoms with Gasteiger partial charge in [-0.25, -0.2) is 9.59 Å². The third-order valence-electron chi connectivity index (χ3n) is 7.16. The number of carbonyl (C=O) groups excluding carboxylic acids is 2. The molecule has 2 heterocycles. The second-order valence-electron chi connectivity index (χ2n) is 9.18. The maximum Gasteiger partial charge on any atom is 0.408 e. The van der Waals surface area contributed by atoms with Crippen molar-refractivity contribution in [2.45, 2.75) is 43.2 Å². The van der Waals surface area contributed by atoms with Gasteiger partial charge in [0.15, 0.2) is 0 Å². The summed E-state index contributed by atoms with van der Waals surface area (Å²) >= 11 is 0. The van der Waals surface area contributed by atoms with Gasteiger partial charge >= 0.3 is 12.1 Å². The Balaban J connectivity index is 1.30. The van der Waals surface area contributed by atoms with E-state index in [0.717, 1.165) is 35.1 Å². The molecule has 178 valence electrons. The molecule has 0 spiro atoms. The van der Waals surface area contributed by atoms with E-state index in [1.807, 2.05) is 36.4 Å². The minimum absolute atomic E-state index is 0.00112. The average Bonchev–Trinajstić information content (AvgIpc) is 3.46. The molecule has 0 bridgehead atoms. The highest BCUT2D eigenvalue weighted by Gasteiger charge is 2.49. The van der Waals surface area contributed by atoms with Gasteiger partial charge in [-0.3, -0.25) is 4.79 Å². The van der Waals surface area contributed by atoms with Gasteiger partial charge in [0, 0.05) is 25.5 Å². The first-order valence-corrected chi connectivity index (χ1v) is 11.7. The summed E-state index contributed by atoms with van der Waals surface area (Å²) < 4.78 is 11.1. The van der Waals surface area contributed by atoms with Crippen LogP contribution in [0.2, 0.25) is 0 Å². The topological polar surface area (TPSA) is 105 Å². The summed E-state index contributed by atoms with van der Waals surface area (Å²) in [7, 11) is 0. The predicted octanol–water partition coefficient (Wildman–Crippen LogP) is 3.15. The zero-order valence-electron chi connectivity index (χ0n) is 18.9. The summed E-state index contributed by atoms with van der Waals surface area (Å²) in [4.78, 5) is 39.5. The van der Waals surface area contributed by atoms with Crippen LogP contribution in [0, 0.1) is 0 Å². The molecule has 0 aromatic heterocycles. The molecular formula is C26H28N2O6. The van der Waals surface area contributed by atoms with Crippen LogP contribution in [0.4, 0.5) is 4.79 Å². The van der Waals surface area contributed by atoms with E-state index in [-0.39, 0.29) is 25.6 Å². The summed E-state index contributed by atoms with van der Waals surface area (Å²) in [5.41, 5.74) is 3.15. The monoisotopic (exact) mass is 464 g/mol. The lowest BCUT2D eigenvalue weighted by Gasteiger charge is -2.39. The standard InChI is InChI=1S/C26H28N2O6/c29-23(30)22-11-5-6-13-28(22)24(31)26(12-14-33-16-26)27-25(32)34-15-21-19-9-3-1-7-17(19)18-8-2-4-10-20(18)21/h1-4,7-10,21-22H,5-6,11-16H2,(H,27,32)(H,29,30)/t22-,26?/m0/s1. The van der Waals surface area contributed by atoms with E-state index in [4.69, 9.17) is 9.47 Å². The molecule has 2 aromatic rings. The van der Waals surface area contributed by atoms with Crippen molar-refractivity contribution in [1.29, 1.82) is 0 Å². The first-order valence-electron chi connectivity index (χ1n) is 11.7. The number of fused-ring (bicyclic) bond motifs is 3. The Morgan fingerprint density at radius 2 is 1.74 bits per heavy atom. The number of carboxylic acid groups (broad SMARTS) is 1. The molecule has 2 amide bonds. The second kappa shape index (κ2) is 9.10. The van der Waals surface area contributed by atoms with Crippen molar-refractivity contribution in [3.63, 3.8) is 0 Å². The predicted molar refractivity (Wildman–Crippen MR) is 123 cm³/mol. The molecule has 2 N–H and O–H groups in total. The van der Waals surface area contributed by atoms with Gasteiger partial charge in [-0.15, -0.1) is 0 Å². The van der Waals surface area contributed by atoms with E-state index < -0.39 is 29.6 Å². The number of piperidine rings is 1. The molecule has 8 nitrogen and oxygen atoms in total. The number of benzene rings is 2. The SMILES string of the molecule is O=C(NC1(C(=O)N2CCCC[C@H]2C(=O)O)CCOC1)OCC1c2ccccc2-c2ccccc21. The Labute approximate surface area is 197 Å². The molecule has 2 saturated heterocycles. The van der Waals surface area contributed by atoms with Crippen molar-refractivity contribution in [3.8, 4) is 11.1 Å². The van der Waals surface area contributed by atoms with Gasteiger partial charge in [-0.1, -0.05) is 48.5 Å². The zero-order valence-corrected chi connectivity index (χ0v) is 18.9. The summed E-state index contributed by atoms with van der Waals surface area (Å²) in [6.07, 6.45) is 1.47. The number of hydrogen-bond acceptors (Lipinski definition) is 5. The molecule has 1 aliphatic carbocycles. The van der Waals surface area contributed by atoms with E-state index in [1.54, 1.807) is 0 Å². The summed E-state index contributed by atoms with van der Waals surface area (Å²) in [5.74, 6) is -1.53. The molecule has 1 unspecified atom stereocenters. The lowest BCUT2D eigenvalue weighted by Crippen LogP contribution is -2.63. The largest absolute Gasteiger partial charge is 0.480 e. The van der Waals surface area contributed by atoms with E-state index in [1.165, 1.54) is 4.90 Å². The molecule has 34 heavy (non-hydrogen) atoms. The molecule has 8 heteroatoms. The molecule has 2 aromatic carbocycles. The number of aliphatic carboxylic acids is 1. The van der Waals surface area contributed by atoms with E-state index in [0.29, 0.717) is 19.6 Å². The second-order valence-corrected chi connectivity index (χ2v) is 9.18. The number of likely N-dealkylation sites (tertiary alicyclic amines) is 1. The Morgan fingerprint density at radius 1 is 1.06 bits per heavy atom. The molecule has 3 aliphatic rings. The molecule has 0 radical (unpaired) electrons. The summed E-state index contributed by atoms with van der Waals surface area (Å²) in [6.45, 7) is 0.788. The van der Waals surface area contributed by atoms with E-state index in [9.17, 15) is 19.5 Å².